The predicted molar refractivity (Wildman–Crippen MR) is 83.3 cm³/mol. The van der Waals surface area contributed by atoms with Crippen molar-refractivity contribution in [2.45, 2.75) is 44.1 Å². The Morgan fingerprint density at radius 2 is 2.00 bits per heavy atom. The van der Waals surface area contributed by atoms with Crippen molar-refractivity contribution < 1.29 is 18.3 Å². The van der Waals surface area contributed by atoms with E-state index in [-0.39, 0.29) is 36.6 Å². The van der Waals surface area contributed by atoms with Crippen LogP contribution in [0.4, 0.5) is 0 Å². The standard InChI is InChI=1S/C13H25ClN2O4S/c1-3-10(4-2)16(5-6-17)7-13(18)15-12-9-21(19,20)8-11(12)14/h10-12,17H,3-9H2,1-2H3,(H,15,18). The fourth-order valence-electron chi connectivity index (χ4n) is 2.70. The van der Waals surface area contributed by atoms with Crippen molar-refractivity contribution >= 4 is 27.3 Å². The zero-order valence-electron chi connectivity index (χ0n) is 12.6. The van der Waals surface area contributed by atoms with Gasteiger partial charge in [-0.05, 0) is 12.8 Å². The number of hydrogen-bond donors (Lipinski definition) is 2. The van der Waals surface area contributed by atoms with Gasteiger partial charge in [0.15, 0.2) is 9.84 Å². The van der Waals surface area contributed by atoms with Gasteiger partial charge in [-0.2, -0.15) is 0 Å². The molecule has 0 aromatic rings. The summed E-state index contributed by atoms with van der Waals surface area (Å²) in [4.78, 5) is 14.0. The molecule has 1 rings (SSSR count). The van der Waals surface area contributed by atoms with E-state index < -0.39 is 21.3 Å². The van der Waals surface area contributed by atoms with Gasteiger partial charge in [-0.25, -0.2) is 8.42 Å². The number of carbonyl (C=O) groups excluding carboxylic acids is 1. The first-order chi connectivity index (χ1) is 9.82. The maximum Gasteiger partial charge on any atom is 0.234 e. The Morgan fingerprint density at radius 1 is 1.38 bits per heavy atom. The van der Waals surface area contributed by atoms with Gasteiger partial charge in [0.05, 0.1) is 36.1 Å². The van der Waals surface area contributed by atoms with Crippen LogP contribution in [0.1, 0.15) is 26.7 Å². The zero-order chi connectivity index (χ0) is 16.0. The highest BCUT2D eigenvalue weighted by atomic mass is 35.5. The highest BCUT2D eigenvalue weighted by Crippen LogP contribution is 2.18. The minimum Gasteiger partial charge on any atom is -0.395 e. The number of aliphatic hydroxyl groups is 1. The SMILES string of the molecule is CCC(CC)N(CCO)CC(=O)NC1CS(=O)(=O)CC1Cl. The van der Waals surface area contributed by atoms with Gasteiger partial charge in [0, 0.05) is 12.6 Å². The first kappa shape index (κ1) is 18.7. The molecule has 1 amide bonds. The first-order valence-electron chi connectivity index (χ1n) is 7.31. The normalized spacial score (nSPS) is 24.7. The van der Waals surface area contributed by atoms with Crippen LogP contribution in [-0.4, -0.2) is 73.0 Å². The van der Waals surface area contributed by atoms with E-state index >= 15 is 0 Å². The van der Waals surface area contributed by atoms with Crippen LogP contribution in [0.3, 0.4) is 0 Å². The van der Waals surface area contributed by atoms with E-state index in [1.165, 1.54) is 0 Å². The summed E-state index contributed by atoms with van der Waals surface area (Å²) in [5.41, 5.74) is 0. The number of halogens is 1. The lowest BCUT2D eigenvalue weighted by Crippen LogP contribution is -2.48. The number of aliphatic hydroxyl groups excluding tert-OH is 1. The average molecular weight is 341 g/mol. The summed E-state index contributed by atoms with van der Waals surface area (Å²) >= 11 is 5.97. The molecule has 0 aromatic heterocycles. The Bertz CT molecular complexity index is 439. The number of nitrogens with one attached hydrogen (secondary N) is 1. The summed E-state index contributed by atoms with van der Waals surface area (Å²) < 4.78 is 23.0. The quantitative estimate of drug-likeness (QED) is 0.607. The van der Waals surface area contributed by atoms with Gasteiger partial charge in [-0.1, -0.05) is 13.8 Å². The molecule has 0 radical (unpaired) electrons. The maximum absolute atomic E-state index is 12.1. The van der Waals surface area contributed by atoms with Crippen LogP contribution in [-0.2, 0) is 14.6 Å². The van der Waals surface area contributed by atoms with Crippen molar-refractivity contribution in [1.29, 1.82) is 0 Å². The van der Waals surface area contributed by atoms with Crippen LogP contribution in [0.2, 0.25) is 0 Å². The number of alkyl halides is 1. The monoisotopic (exact) mass is 340 g/mol. The smallest absolute Gasteiger partial charge is 0.234 e. The van der Waals surface area contributed by atoms with E-state index in [4.69, 9.17) is 16.7 Å². The van der Waals surface area contributed by atoms with Gasteiger partial charge in [-0.3, -0.25) is 9.69 Å². The molecule has 0 spiro atoms. The van der Waals surface area contributed by atoms with E-state index in [9.17, 15) is 13.2 Å². The molecule has 0 saturated carbocycles. The second-order valence-corrected chi connectivity index (χ2v) is 8.15. The molecule has 0 aromatic carbocycles. The minimum atomic E-state index is -3.15. The molecule has 1 saturated heterocycles. The van der Waals surface area contributed by atoms with Crippen LogP contribution < -0.4 is 5.32 Å². The number of sulfone groups is 1. The molecule has 1 heterocycles. The fourth-order valence-corrected chi connectivity index (χ4v) is 5.25. The molecule has 0 bridgehead atoms. The molecule has 2 atom stereocenters. The van der Waals surface area contributed by atoms with Crippen molar-refractivity contribution in [3.8, 4) is 0 Å². The minimum absolute atomic E-state index is 0.0142. The van der Waals surface area contributed by atoms with Crippen molar-refractivity contribution in [3.05, 3.63) is 0 Å². The average Bonchev–Trinajstić information content (AvgIpc) is 2.63. The van der Waals surface area contributed by atoms with E-state index in [2.05, 4.69) is 5.32 Å². The van der Waals surface area contributed by atoms with Gasteiger partial charge in [0.1, 0.15) is 0 Å². The van der Waals surface area contributed by atoms with Gasteiger partial charge < -0.3 is 10.4 Å². The zero-order valence-corrected chi connectivity index (χ0v) is 14.2. The summed E-state index contributed by atoms with van der Waals surface area (Å²) in [6.07, 6.45) is 1.78. The number of rotatable bonds is 8. The highest BCUT2D eigenvalue weighted by molar-refractivity contribution is 7.91. The third kappa shape index (κ3) is 5.73. The number of hydrogen-bond acceptors (Lipinski definition) is 5. The summed E-state index contributed by atoms with van der Waals surface area (Å²) in [5, 5.41) is 11.2. The molecule has 8 heteroatoms. The molecule has 2 unspecified atom stereocenters. The lowest BCUT2D eigenvalue weighted by atomic mass is 10.1. The summed E-state index contributed by atoms with van der Waals surface area (Å²) in [6.45, 7) is 4.63. The summed E-state index contributed by atoms with van der Waals surface area (Å²) in [6, 6.07) is -0.302. The Morgan fingerprint density at radius 3 is 2.43 bits per heavy atom. The van der Waals surface area contributed by atoms with Crippen LogP contribution in [0.15, 0.2) is 0 Å². The van der Waals surface area contributed by atoms with Crippen molar-refractivity contribution in [1.82, 2.24) is 10.2 Å². The molecule has 2 N–H and O–H groups in total. The van der Waals surface area contributed by atoms with E-state index in [1.807, 2.05) is 18.7 Å². The Kier molecular flexibility index (Phi) is 7.39. The Balaban J connectivity index is 2.58. The van der Waals surface area contributed by atoms with Crippen LogP contribution in [0, 0.1) is 0 Å². The highest BCUT2D eigenvalue weighted by Gasteiger charge is 2.37. The Hall–Kier alpha value is -0.370. The Labute approximate surface area is 131 Å². The van der Waals surface area contributed by atoms with E-state index in [0.29, 0.717) is 6.54 Å². The van der Waals surface area contributed by atoms with Gasteiger partial charge >= 0.3 is 0 Å². The number of carbonyl (C=O) groups is 1. The topological polar surface area (TPSA) is 86.7 Å². The third-order valence-electron chi connectivity index (χ3n) is 3.82. The second kappa shape index (κ2) is 8.31. The van der Waals surface area contributed by atoms with Crippen molar-refractivity contribution in [2.24, 2.45) is 0 Å². The number of amides is 1. The largest absolute Gasteiger partial charge is 0.395 e. The second-order valence-electron chi connectivity index (χ2n) is 5.43. The van der Waals surface area contributed by atoms with Gasteiger partial charge in [0.25, 0.3) is 0 Å². The molecule has 6 nitrogen and oxygen atoms in total. The van der Waals surface area contributed by atoms with Crippen LogP contribution >= 0.6 is 11.6 Å². The van der Waals surface area contributed by atoms with E-state index in [0.717, 1.165) is 12.8 Å². The van der Waals surface area contributed by atoms with E-state index in [1.54, 1.807) is 0 Å². The molecule has 21 heavy (non-hydrogen) atoms. The van der Waals surface area contributed by atoms with Crippen LogP contribution in [0.25, 0.3) is 0 Å². The third-order valence-corrected chi connectivity index (χ3v) is 6.20. The summed E-state index contributed by atoms with van der Waals surface area (Å²) in [7, 11) is -3.15. The molecule has 0 aliphatic carbocycles. The molecular formula is C13H25ClN2O4S. The lowest BCUT2D eigenvalue weighted by Gasteiger charge is -2.29. The number of nitrogens with zero attached hydrogens (tertiary/aromatic N) is 1. The molecular weight excluding hydrogens is 316 g/mol. The van der Waals surface area contributed by atoms with Crippen molar-refractivity contribution in [2.75, 3.05) is 31.2 Å². The summed E-state index contributed by atoms with van der Waals surface area (Å²) in [5.74, 6) is -0.437. The lowest BCUT2D eigenvalue weighted by molar-refractivity contribution is -0.123. The first-order valence-corrected chi connectivity index (χ1v) is 9.57. The molecule has 1 aliphatic rings. The molecule has 1 fully saturated rings. The fraction of sp³-hybridized carbons (Fsp3) is 0.923. The van der Waals surface area contributed by atoms with Crippen LogP contribution in [0.5, 0.6) is 0 Å². The van der Waals surface area contributed by atoms with Gasteiger partial charge in [0.2, 0.25) is 5.91 Å². The molecule has 124 valence electrons. The molecule has 1 aliphatic heterocycles. The van der Waals surface area contributed by atoms with Gasteiger partial charge in [-0.15, -0.1) is 11.6 Å². The predicted octanol–water partition coefficient (Wildman–Crippen LogP) is -0.0101. The van der Waals surface area contributed by atoms with Crippen molar-refractivity contribution in [3.63, 3.8) is 0 Å². The maximum atomic E-state index is 12.1.